The van der Waals surface area contributed by atoms with Crippen LogP contribution in [0, 0.1) is 0 Å². The van der Waals surface area contributed by atoms with Crippen molar-refractivity contribution in [1.82, 2.24) is 20.0 Å². The highest BCUT2D eigenvalue weighted by atomic mass is 32.1. The van der Waals surface area contributed by atoms with Crippen LogP contribution in [0.5, 0.6) is 0 Å². The smallest absolute Gasteiger partial charge is 0.357 e. The molecule has 1 aliphatic rings. The summed E-state index contributed by atoms with van der Waals surface area (Å²) in [6, 6.07) is 14.2. The Morgan fingerprint density at radius 3 is 2.66 bits per heavy atom. The van der Waals surface area contributed by atoms with Crippen LogP contribution in [0.25, 0.3) is 16.3 Å². The summed E-state index contributed by atoms with van der Waals surface area (Å²) < 4.78 is 6.88. The largest absolute Gasteiger partial charge is 0.448 e. The number of benzene rings is 1. The quantitative estimate of drug-likeness (QED) is 0.653. The van der Waals surface area contributed by atoms with Gasteiger partial charge in [0.25, 0.3) is 5.91 Å². The van der Waals surface area contributed by atoms with Gasteiger partial charge < -0.3 is 10.1 Å². The van der Waals surface area contributed by atoms with Crippen molar-refractivity contribution in [1.29, 1.82) is 0 Å². The number of urea groups is 1. The predicted molar refractivity (Wildman–Crippen MR) is 107 cm³/mol. The van der Waals surface area contributed by atoms with Crippen LogP contribution in [0.1, 0.15) is 17.4 Å². The molecule has 4 rings (SSSR count). The molecule has 8 nitrogen and oxygen atoms in total. The number of thiophene rings is 1. The van der Waals surface area contributed by atoms with Crippen molar-refractivity contribution in [3.63, 3.8) is 0 Å². The molecule has 0 saturated carbocycles. The Kier molecular flexibility index (Phi) is 5.13. The number of para-hydroxylation sites is 1. The van der Waals surface area contributed by atoms with Crippen molar-refractivity contribution in [2.24, 2.45) is 0 Å². The van der Waals surface area contributed by atoms with Gasteiger partial charge in [0.1, 0.15) is 5.69 Å². The second-order valence-corrected chi connectivity index (χ2v) is 7.36. The molecule has 2 aromatic heterocycles. The fraction of sp³-hybridized carbons (Fsp3) is 0.200. The highest BCUT2D eigenvalue weighted by molar-refractivity contribution is 7.13. The highest BCUT2D eigenvalue weighted by Crippen LogP contribution is 2.26. The molecule has 3 amide bonds. The number of rotatable bonds is 5. The second kappa shape index (κ2) is 7.88. The van der Waals surface area contributed by atoms with Crippen molar-refractivity contribution in [2.75, 3.05) is 13.1 Å². The fourth-order valence-electron chi connectivity index (χ4n) is 3.01. The molecule has 1 saturated heterocycles. The number of carbonyl (C=O) groups excluding carboxylic acids is 3. The highest BCUT2D eigenvalue weighted by Gasteiger charge is 2.32. The maximum Gasteiger partial charge on any atom is 0.357 e. The van der Waals surface area contributed by atoms with Crippen molar-refractivity contribution in [2.45, 2.75) is 13.0 Å². The molecule has 3 aromatic rings. The van der Waals surface area contributed by atoms with Crippen molar-refractivity contribution >= 4 is 29.2 Å². The van der Waals surface area contributed by atoms with Gasteiger partial charge in [0.15, 0.2) is 11.8 Å². The van der Waals surface area contributed by atoms with Crippen LogP contribution in [-0.4, -0.2) is 51.8 Å². The first kappa shape index (κ1) is 18.9. The summed E-state index contributed by atoms with van der Waals surface area (Å²) in [7, 11) is 0. The van der Waals surface area contributed by atoms with E-state index in [-0.39, 0.29) is 12.2 Å². The summed E-state index contributed by atoms with van der Waals surface area (Å²) in [4.78, 5) is 39.0. The summed E-state index contributed by atoms with van der Waals surface area (Å²) in [5.74, 6) is -1.25. The van der Waals surface area contributed by atoms with Gasteiger partial charge in [-0.1, -0.05) is 24.3 Å². The summed E-state index contributed by atoms with van der Waals surface area (Å²) in [6.07, 6.45) is -1.10. The Bertz CT molecular complexity index is 1050. The normalized spacial score (nSPS) is 14.5. The van der Waals surface area contributed by atoms with Gasteiger partial charge >= 0.3 is 12.0 Å². The number of amides is 3. The third-order valence-corrected chi connectivity index (χ3v) is 5.34. The molecule has 1 N–H and O–H groups in total. The van der Waals surface area contributed by atoms with E-state index in [2.05, 4.69) is 10.4 Å². The number of hydrogen-bond donors (Lipinski definition) is 1. The summed E-state index contributed by atoms with van der Waals surface area (Å²) >= 11 is 1.51. The van der Waals surface area contributed by atoms with Crippen LogP contribution < -0.4 is 5.32 Å². The molecular formula is C20H18N4O4S. The lowest BCUT2D eigenvalue weighted by molar-refractivity contribution is -0.136. The van der Waals surface area contributed by atoms with E-state index in [1.807, 2.05) is 47.8 Å². The average Bonchev–Trinajstić information content (AvgIpc) is 3.48. The van der Waals surface area contributed by atoms with Crippen LogP contribution >= 0.6 is 11.3 Å². The Balaban J connectivity index is 1.62. The van der Waals surface area contributed by atoms with Crippen LogP contribution in [0.15, 0.2) is 53.9 Å². The number of nitrogens with zero attached hydrogens (tertiary/aromatic N) is 3. The van der Waals surface area contributed by atoms with Gasteiger partial charge in [-0.3, -0.25) is 9.69 Å². The zero-order chi connectivity index (χ0) is 20.4. The molecule has 9 heteroatoms. The van der Waals surface area contributed by atoms with Crippen LogP contribution in [0.4, 0.5) is 4.79 Å². The minimum atomic E-state index is -1.10. The van der Waals surface area contributed by atoms with Gasteiger partial charge in [0.05, 0.1) is 10.6 Å². The molecule has 1 aliphatic heterocycles. The number of imide groups is 1. The van der Waals surface area contributed by atoms with E-state index in [0.717, 1.165) is 9.78 Å². The Labute approximate surface area is 170 Å². The standard InChI is InChI=1S/C20H18N4O4S/c1-13(18(25)23-10-9-21-20(23)27)28-19(26)16-12-15(17-8-5-11-29-17)22-24(16)14-6-3-2-4-7-14/h2-8,11-13H,9-10H2,1H3,(H,21,27)/t13-/m0/s1. The van der Waals surface area contributed by atoms with Gasteiger partial charge in [-0.2, -0.15) is 5.10 Å². The van der Waals surface area contributed by atoms with Crippen LogP contribution in [-0.2, 0) is 9.53 Å². The van der Waals surface area contributed by atoms with E-state index >= 15 is 0 Å². The molecule has 3 heterocycles. The summed E-state index contributed by atoms with van der Waals surface area (Å²) in [5, 5.41) is 9.03. The van der Waals surface area contributed by atoms with Crippen molar-refractivity contribution in [3.05, 3.63) is 59.6 Å². The molecule has 148 valence electrons. The Morgan fingerprint density at radius 2 is 2.00 bits per heavy atom. The van der Waals surface area contributed by atoms with Crippen LogP contribution in [0.2, 0.25) is 0 Å². The van der Waals surface area contributed by atoms with Crippen LogP contribution in [0.3, 0.4) is 0 Å². The van der Waals surface area contributed by atoms with Gasteiger partial charge in [-0.05, 0) is 30.5 Å². The van der Waals surface area contributed by atoms with E-state index in [4.69, 9.17) is 4.74 Å². The molecule has 0 spiro atoms. The number of hydrogen-bond acceptors (Lipinski definition) is 6. The minimum Gasteiger partial charge on any atom is -0.448 e. The molecule has 0 bridgehead atoms. The number of carbonyl (C=O) groups is 3. The minimum absolute atomic E-state index is 0.199. The zero-order valence-corrected chi connectivity index (χ0v) is 16.4. The van der Waals surface area contributed by atoms with E-state index in [9.17, 15) is 14.4 Å². The average molecular weight is 410 g/mol. The Hall–Kier alpha value is -3.46. The monoisotopic (exact) mass is 410 g/mol. The second-order valence-electron chi connectivity index (χ2n) is 6.41. The van der Waals surface area contributed by atoms with E-state index in [1.54, 1.807) is 6.07 Å². The lowest BCUT2D eigenvalue weighted by atomic mass is 10.3. The number of esters is 1. The molecule has 1 fully saturated rings. The SMILES string of the molecule is C[C@H](OC(=O)c1cc(-c2cccs2)nn1-c1ccccc1)C(=O)N1CCNC1=O. The lowest BCUT2D eigenvalue weighted by Crippen LogP contribution is -2.42. The van der Waals surface area contributed by atoms with Gasteiger partial charge in [-0.25, -0.2) is 14.3 Å². The molecule has 0 aliphatic carbocycles. The first-order valence-electron chi connectivity index (χ1n) is 9.04. The number of nitrogens with one attached hydrogen (secondary N) is 1. The topological polar surface area (TPSA) is 93.5 Å². The van der Waals surface area contributed by atoms with Crippen molar-refractivity contribution < 1.29 is 19.1 Å². The number of ether oxygens (including phenoxy) is 1. The van der Waals surface area contributed by atoms with E-state index < -0.39 is 24.0 Å². The van der Waals surface area contributed by atoms with Crippen molar-refractivity contribution in [3.8, 4) is 16.3 Å². The Morgan fingerprint density at radius 1 is 1.21 bits per heavy atom. The molecule has 0 radical (unpaired) electrons. The summed E-state index contributed by atoms with van der Waals surface area (Å²) in [5.41, 5.74) is 1.53. The molecule has 1 aromatic carbocycles. The first-order chi connectivity index (χ1) is 14.0. The molecule has 0 unspecified atom stereocenters. The summed E-state index contributed by atoms with van der Waals surface area (Å²) in [6.45, 7) is 2.09. The first-order valence-corrected chi connectivity index (χ1v) is 9.92. The lowest BCUT2D eigenvalue weighted by Gasteiger charge is -2.18. The third-order valence-electron chi connectivity index (χ3n) is 4.45. The van der Waals surface area contributed by atoms with Gasteiger partial charge in [-0.15, -0.1) is 11.3 Å². The molecule has 1 atom stereocenters. The fourth-order valence-corrected chi connectivity index (χ4v) is 3.69. The van der Waals surface area contributed by atoms with Gasteiger partial charge in [0.2, 0.25) is 0 Å². The van der Waals surface area contributed by atoms with E-state index in [0.29, 0.717) is 17.9 Å². The number of aromatic nitrogens is 2. The maximum absolute atomic E-state index is 12.9. The van der Waals surface area contributed by atoms with E-state index in [1.165, 1.54) is 22.9 Å². The molecular weight excluding hydrogens is 392 g/mol. The third kappa shape index (κ3) is 3.77. The molecule has 29 heavy (non-hydrogen) atoms. The zero-order valence-electron chi connectivity index (χ0n) is 15.6. The maximum atomic E-state index is 12.9. The van der Waals surface area contributed by atoms with Gasteiger partial charge in [0, 0.05) is 19.2 Å². The predicted octanol–water partition coefficient (Wildman–Crippen LogP) is 2.70.